The standard InChI is InChI=1S/C17H24O5S/c18-17(19)15(8-4-7-14-5-2-1-3-6-14)13-23(20,21)16-9-11-22-12-10-16/h1-3,5-6,15-16H,4,7-13H2,(H,18,19). The molecule has 0 bridgehead atoms. The van der Waals surface area contributed by atoms with E-state index in [0.29, 0.717) is 38.9 Å². The van der Waals surface area contributed by atoms with Gasteiger partial charge in [-0.1, -0.05) is 30.3 Å². The summed E-state index contributed by atoms with van der Waals surface area (Å²) in [5.74, 6) is -2.11. The van der Waals surface area contributed by atoms with Crippen molar-refractivity contribution in [2.45, 2.75) is 37.4 Å². The van der Waals surface area contributed by atoms with Crippen LogP contribution in [0.1, 0.15) is 31.2 Å². The summed E-state index contributed by atoms with van der Waals surface area (Å²) >= 11 is 0. The first kappa shape index (κ1) is 17.9. The molecule has 5 nitrogen and oxygen atoms in total. The summed E-state index contributed by atoms with van der Waals surface area (Å²) in [5.41, 5.74) is 1.14. The van der Waals surface area contributed by atoms with Gasteiger partial charge in [0.15, 0.2) is 9.84 Å². The van der Waals surface area contributed by atoms with Crippen LogP contribution >= 0.6 is 0 Å². The Morgan fingerprint density at radius 3 is 2.48 bits per heavy atom. The molecule has 6 heteroatoms. The number of carboxylic acids is 1. The highest BCUT2D eigenvalue weighted by Crippen LogP contribution is 2.21. The van der Waals surface area contributed by atoms with E-state index in [4.69, 9.17) is 4.74 Å². The van der Waals surface area contributed by atoms with Gasteiger partial charge < -0.3 is 9.84 Å². The topological polar surface area (TPSA) is 80.7 Å². The van der Waals surface area contributed by atoms with Crippen molar-refractivity contribution in [3.05, 3.63) is 35.9 Å². The third-order valence-electron chi connectivity index (χ3n) is 4.32. The molecule has 0 spiro atoms. The lowest BCUT2D eigenvalue weighted by Crippen LogP contribution is -2.34. The largest absolute Gasteiger partial charge is 0.481 e. The molecule has 1 aromatic carbocycles. The lowest BCUT2D eigenvalue weighted by molar-refractivity contribution is -0.141. The van der Waals surface area contributed by atoms with E-state index in [2.05, 4.69) is 0 Å². The summed E-state index contributed by atoms with van der Waals surface area (Å²) in [6.07, 6.45) is 2.76. The van der Waals surface area contributed by atoms with Crippen LogP contribution < -0.4 is 0 Å². The molecule has 128 valence electrons. The Balaban J connectivity index is 1.89. The molecule has 1 atom stereocenters. The number of ether oxygens (including phenoxy) is 1. The normalized spacial score (nSPS) is 17.7. The molecule has 0 aromatic heterocycles. The van der Waals surface area contributed by atoms with E-state index in [9.17, 15) is 18.3 Å². The van der Waals surface area contributed by atoms with E-state index in [-0.39, 0.29) is 5.75 Å². The van der Waals surface area contributed by atoms with Gasteiger partial charge in [-0.15, -0.1) is 0 Å². The Morgan fingerprint density at radius 1 is 1.22 bits per heavy atom. The number of hydrogen-bond acceptors (Lipinski definition) is 4. The van der Waals surface area contributed by atoms with E-state index in [0.717, 1.165) is 12.0 Å². The van der Waals surface area contributed by atoms with E-state index in [1.54, 1.807) is 0 Å². The molecule has 2 rings (SSSR count). The zero-order valence-corrected chi connectivity index (χ0v) is 14.0. The average Bonchev–Trinajstić information content (AvgIpc) is 2.55. The fourth-order valence-corrected chi connectivity index (χ4v) is 4.98. The smallest absolute Gasteiger partial charge is 0.307 e. The number of carbonyl (C=O) groups is 1. The number of carboxylic acid groups (broad SMARTS) is 1. The molecule has 1 N–H and O–H groups in total. The Hall–Kier alpha value is -1.40. The predicted molar refractivity (Wildman–Crippen MR) is 88.1 cm³/mol. The summed E-state index contributed by atoms with van der Waals surface area (Å²) in [6.45, 7) is 0.880. The van der Waals surface area contributed by atoms with Crippen LogP contribution in [0.5, 0.6) is 0 Å². The highest BCUT2D eigenvalue weighted by Gasteiger charge is 2.32. The number of hydrogen-bond donors (Lipinski definition) is 1. The van der Waals surface area contributed by atoms with Crippen molar-refractivity contribution in [3.8, 4) is 0 Å². The van der Waals surface area contributed by atoms with Gasteiger partial charge in [0.2, 0.25) is 0 Å². The SMILES string of the molecule is O=C(O)C(CCCc1ccccc1)CS(=O)(=O)C1CCOCC1. The third-order valence-corrected chi connectivity index (χ3v) is 6.67. The molecular weight excluding hydrogens is 316 g/mol. The summed E-state index contributed by atoms with van der Waals surface area (Å²) in [4.78, 5) is 11.4. The van der Waals surface area contributed by atoms with Gasteiger partial charge in [-0.05, 0) is 37.7 Å². The minimum atomic E-state index is -3.38. The van der Waals surface area contributed by atoms with E-state index in [1.807, 2.05) is 30.3 Å². The quantitative estimate of drug-likeness (QED) is 0.785. The Bertz CT molecular complexity index is 591. The van der Waals surface area contributed by atoms with Crippen LogP contribution in [0.4, 0.5) is 0 Å². The van der Waals surface area contributed by atoms with Gasteiger partial charge in [-0.2, -0.15) is 0 Å². The van der Waals surface area contributed by atoms with Gasteiger partial charge in [0.05, 0.1) is 16.9 Å². The first-order valence-corrected chi connectivity index (χ1v) is 9.76. The number of benzene rings is 1. The van der Waals surface area contributed by atoms with Crippen LogP contribution in [-0.2, 0) is 25.8 Å². The van der Waals surface area contributed by atoms with Crippen LogP contribution in [0.15, 0.2) is 30.3 Å². The minimum absolute atomic E-state index is 0.262. The molecule has 1 fully saturated rings. The molecule has 0 amide bonds. The van der Waals surface area contributed by atoms with Crippen LogP contribution in [0.25, 0.3) is 0 Å². The van der Waals surface area contributed by atoms with Crippen molar-refractivity contribution in [2.75, 3.05) is 19.0 Å². The first-order chi connectivity index (χ1) is 11.0. The van der Waals surface area contributed by atoms with Crippen molar-refractivity contribution in [3.63, 3.8) is 0 Å². The second kappa shape index (κ2) is 8.45. The zero-order chi connectivity index (χ0) is 16.7. The van der Waals surface area contributed by atoms with Gasteiger partial charge in [-0.3, -0.25) is 4.79 Å². The van der Waals surface area contributed by atoms with Crippen molar-refractivity contribution < 1.29 is 23.1 Å². The van der Waals surface area contributed by atoms with Gasteiger partial charge >= 0.3 is 5.97 Å². The van der Waals surface area contributed by atoms with Crippen molar-refractivity contribution >= 4 is 15.8 Å². The highest BCUT2D eigenvalue weighted by molar-refractivity contribution is 7.92. The Morgan fingerprint density at radius 2 is 1.87 bits per heavy atom. The fourth-order valence-electron chi connectivity index (χ4n) is 2.93. The van der Waals surface area contributed by atoms with E-state index >= 15 is 0 Å². The van der Waals surface area contributed by atoms with Gasteiger partial charge in [0, 0.05) is 13.2 Å². The van der Waals surface area contributed by atoms with Gasteiger partial charge in [-0.25, -0.2) is 8.42 Å². The Labute approximate surface area is 137 Å². The molecule has 0 radical (unpaired) electrons. The van der Waals surface area contributed by atoms with Crippen LogP contribution in [0.2, 0.25) is 0 Å². The third kappa shape index (κ3) is 5.62. The summed E-state index contributed by atoms with van der Waals surface area (Å²) in [6, 6.07) is 9.81. The number of aliphatic carboxylic acids is 1. The van der Waals surface area contributed by atoms with Crippen LogP contribution in [0, 0.1) is 5.92 Å². The molecule has 1 heterocycles. The maximum atomic E-state index is 12.4. The van der Waals surface area contributed by atoms with E-state index < -0.39 is 27.0 Å². The molecule has 0 saturated carbocycles. The van der Waals surface area contributed by atoms with Crippen LogP contribution in [-0.4, -0.2) is 43.7 Å². The average molecular weight is 340 g/mol. The summed E-state index contributed by atoms with van der Waals surface area (Å²) in [5, 5.41) is 8.89. The van der Waals surface area contributed by atoms with Crippen molar-refractivity contribution in [1.82, 2.24) is 0 Å². The van der Waals surface area contributed by atoms with E-state index in [1.165, 1.54) is 0 Å². The van der Waals surface area contributed by atoms with Crippen LogP contribution in [0.3, 0.4) is 0 Å². The molecular formula is C17H24O5S. The maximum Gasteiger partial charge on any atom is 0.307 e. The minimum Gasteiger partial charge on any atom is -0.481 e. The molecule has 1 aliphatic heterocycles. The number of aryl methyl sites for hydroxylation is 1. The Kier molecular flexibility index (Phi) is 6.59. The van der Waals surface area contributed by atoms with Crippen molar-refractivity contribution in [2.24, 2.45) is 5.92 Å². The zero-order valence-electron chi connectivity index (χ0n) is 13.2. The molecule has 1 aromatic rings. The summed E-state index contributed by atoms with van der Waals surface area (Å²) < 4.78 is 30.0. The lowest BCUT2D eigenvalue weighted by atomic mass is 10.0. The molecule has 1 aliphatic rings. The van der Waals surface area contributed by atoms with Gasteiger partial charge in [0.25, 0.3) is 0 Å². The highest BCUT2D eigenvalue weighted by atomic mass is 32.2. The lowest BCUT2D eigenvalue weighted by Gasteiger charge is -2.23. The monoisotopic (exact) mass is 340 g/mol. The first-order valence-electron chi connectivity index (χ1n) is 8.05. The number of rotatable bonds is 8. The molecule has 1 saturated heterocycles. The molecule has 23 heavy (non-hydrogen) atoms. The predicted octanol–water partition coefficient (Wildman–Crippen LogP) is 2.30. The maximum absolute atomic E-state index is 12.4. The fraction of sp³-hybridized carbons (Fsp3) is 0.588. The molecule has 0 aliphatic carbocycles. The van der Waals surface area contributed by atoms with Gasteiger partial charge in [0.1, 0.15) is 0 Å². The second-order valence-electron chi connectivity index (χ2n) is 6.05. The molecule has 1 unspecified atom stereocenters. The summed E-state index contributed by atoms with van der Waals surface area (Å²) in [7, 11) is -3.38. The van der Waals surface area contributed by atoms with Crippen molar-refractivity contribution in [1.29, 1.82) is 0 Å². The second-order valence-corrected chi connectivity index (χ2v) is 8.38. The number of sulfone groups is 1.